The van der Waals surface area contributed by atoms with E-state index in [-0.39, 0.29) is 17.8 Å². The van der Waals surface area contributed by atoms with Crippen LogP contribution in [0.25, 0.3) is 22.6 Å². The van der Waals surface area contributed by atoms with Gasteiger partial charge in [0.2, 0.25) is 5.82 Å². The first-order chi connectivity index (χ1) is 16.0. The molecule has 3 heterocycles. The van der Waals surface area contributed by atoms with Gasteiger partial charge in [-0.05, 0) is 29.5 Å². The summed E-state index contributed by atoms with van der Waals surface area (Å²) in [6.45, 7) is -1.10. The molecule has 4 N–H and O–H groups in total. The van der Waals surface area contributed by atoms with Crippen molar-refractivity contribution in [3.8, 4) is 22.6 Å². The third-order valence-electron chi connectivity index (χ3n) is 4.50. The number of phosphoric acid groups is 1. The molecule has 0 aliphatic carbocycles. The summed E-state index contributed by atoms with van der Waals surface area (Å²) >= 11 is 0. The van der Waals surface area contributed by atoms with Crippen LogP contribution in [-0.2, 0) is 16.3 Å². The molecule has 2 atom stereocenters. The van der Waals surface area contributed by atoms with E-state index in [1.165, 1.54) is 23.1 Å². The zero-order valence-corrected chi connectivity index (χ0v) is 18.3. The highest BCUT2D eigenvalue weighted by molar-refractivity contribution is 7.45. The van der Waals surface area contributed by atoms with E-state index in [0.29, 0.717) is 17.1 Å². The number of anilines is 1. The fourth-order valence-corrected chi connectivity index (χ4v) is 2.97. The second kappa shape index (κ2) is 10.3. The van der Waals surface area contributed by atoms with Crippen LogP contribution in [0.3, 0.4) is 0 Å². The number of amides is 1. The molecule has 1 saturated heterocycles. The topological polar surface area (TPSA) is 184 Å². The number of hydrogen-bond donors (Lipinski definition) is 4. The molecule has 34 heavy (non-hydrogen) atoms. The lowest BCUT2D eigenvalue weighted by molar-refractivity contribution is 0.0188. The third kappa shape index (κ3) is 6.36. The minimum Gasteiger partial charge on any atom is -0.441 e. The first-order valence-electron chi connectivity index (χ1n) is 9.47. The van der Waals surface area contributed by atoms with E-state index >= 15 is 0 Å². The number of pyridine rings is 1. The van der Waals surface area contributed by atoms with Crippen LogP contribution in [0.1, 0.15) is 0 Å². The lowest BCUT2D eigenvalue weighted by Crippen LogP contribution is -2.32. The number of ether oxygens (including phenoxy) is 1. The number of rotatable bonds is 5. The smallest absolute Gasteiger partial charge is 0.441 e. The number of alkyl halides is 1. The van der Waals surface area contributed by atoms with Gasteiger partial charge >= 0.3 is 13.9 Å². The van der Waals surface area contributed by atoms with Crippen LogP contribution in [0.15, 0.2) is 36.5 Å². The first kappa shape index (κ1) is 25.3. The SMILES string of the molecule is Cn1nnc(-c2ccc(-c3ccc(N4C[C@@H](C(O)CF)OC4=O)cc3F)cn2)n1.O=P(O)(O)O. The summed E-state index contributed by atoms with van der Waals surface area (Å²) in [6, 6.07) is 7.56. The average molecular weight is 500 g/mol. The van der Waals surface area contributed by atoms with Gasteiger partial charge < -0.3 is 24.5 Å². The van der Waals surface area contributed by atoms with Crippen molar-refractivity contribution in [2.45, 2.75) is 12.2 Å². The van der Waals surface area contributed by atoms with Gasteiger partial charge in [-0.25, -0.2) is 18.1 Å². The van der Waals surface area contributed by atoms with E-state index in [1.807, 2.05) is 0 Å². The molecule has 3 aromatic rings. The van der Waals surface area contributed by atoms with Crippen LogP contribution in [0.5, 0.6) is 0 Å². The molecule has 13 nitrogen and oxygen atoms in total. The molecule has 1 aromatic carbocycles. The Hall–Kier alpha value is -3.36. The summed E-state index contributed by atoms with van der Waals surface area (Å²) in [6.07, 6.45) is -1.69. The van der Waals surface area contributed by atoms with Crippen molar-refractivity contribution >= 4 is 19.6 Å². The van der Waals surface area contributed by atoms with E-state index < -0.39 is 38.6 Å². The molecular formula is C18H19F2N6O7P. The van der Waals surface area contributed by atoms with E-state index in [1.54, 1.807) is 25.2 Å². The van der Waals surface area contributed by atoms with Crippen LogP contribution in [0, 0.1) is 5.82 Å². The summed E-state index contributed by atoms with van der Waals surface area (Å²) in [5.74, 6) is -0.218. The molecule has 2 aromatic heterocycles. The largest absolute Gasteiger partial charge is 0.466 e. The summed E-state index contributed by atoms with van der Waals surface area (Å²) < 4.78 is 41.1. The summed E-state index contributed by atoms with van der Waals surface area (Å²) in [7, 11) is -3.00. The minimum atomic E-state index is -4.64. The second-order valence-electron chi connectivity index (χ2n) is 6.97. The van der Waals surface area contributed by atoms with Crippen molar-refractivity contribution in [3.63, 3.8) is 0 Å². The maximum Gasteiger partial charge on any atom is 0.466 e. The van der Waals surface area contributed by atoms with Crippen LogP contribution in [0.4, 0.5) is 19.3 Å². The van der Waals surface area contributed by atoms with Crippen molar-refractivity contribution < 1.29 is 42.7 Å². The Morgan fingerprint density at radius 2 is 1.97 bits per heavy atom. The summed E-state index contributed by atoms with van der Waals surface area (Å²) in [4.78, 5) is 40.2. The number of aryl methyl sites for hydroxylation is 1. The molecular weight excluding hydrogens is 481 g/mol. The number of aliphatic hydroxyl groups excluding tert-OH is 1. The molecule has 182 valence electrons. The fraction of sp³-hybridized carbons (Fsp3) is 0.278. The molecule has 1 unspecified atom stereocenters. The monoisotopic (exact) mass is 500 g/mol. The lowest BCUT2D eigenvalue weighted by Gasteiger charge is -2.15. The lowest BCUT2D eigenvalue weighted by atomic mass is 10.1. The number of hydrogen-bond acceptors (Lipinski definition) is 8. The molecule has 0 saturated carbocycles. The molecule has 1 aliphatic heterocycles. The number of carbonyl (C=O) groups is 1. The molecule has 1 fully saturated rings. The number of cyclic esters (lactones) is 1. The van der Waals surface area contributed by atoms with Gasteiger partial charge in [-0.15, -0.1) is 10.2 Å². The second-order valence-corrected chi connectivity index (χ2v) is 7.99. The predicted molar refractivity (Wildman–Crippen MR) is 111 cm³/mol. The van der Waals surface area contributed by atoms with Crippen molar-refractivity contribution in [2.24, 2.45) is 7.05 Å². The zero-order valence-electron chi connectivity index (χ0n) is 17.4. The molecule has 0 radical (unpaired) electrons. The Kier molecular flexibility index (Phi) is 7.64. The average Bonchev–Trinajstić information content (AvgIpc) is 3.38. The fourth-order valence-electron chi connectivity index (χ4n) is 2.97. The number of benzene rings is 1. The van der Waals surface area contributed by atoms with Gasteiger partial charge in [0.1, 0.15) is 24.3 Å². The van der Waals surface area contributed by atoms with E-state index in [0.717, 1.165) is 4.90 Å². The van der Waals surface area contributed by atoms with Gasteiger partial charge in [-0.1, -0.05) is 6.07 Å². The summed E-state index contributed by atoms with van der Waals surface area (Å²) in [5.41, 5.74) is 1.55. The maximum absolute atomic E-state index is 14.7. The number of carbonyl (C=O) groups excluding carboxylic acids is 1. The van der Waals surface area contributed by atoms with E-state index in [4.69, 9.17) is 24.0 Å². The van der Waals surface area contributed by atoms with Gasteiger partial charge in [0, 0.05) is 17.3 Å². The van der Waals surface area contributed by atoms with E-state index in [2.05, 4.69) is 20.4 Å². The Labute approximate surface area is 190 Å². The standard InChI is InChI=1S/C18H16F2N6O3.H3O4P/c1-25-23-17(22-24-25)14-5-2-10(8-21-14)12-4-3-11(6-13(12)20)26-9-16(15(27)7-19)29-18(26)28;1-5(2,3)4/h2-6,8,15-16,27H,7,9H2,1H3;(H3,1,2,3,4)/t15?,16-;/m0./s1. The van der Waals surface area contributed by atoms with Gasteiger partial charge in [0.15, 0.2) is 6.10 Å². The van der Waals surface area contributed by atoms with Crippen molar-refractivity contribution in [1.82, 2.24) is 25.2 Å². The van der Waals surface area contributed by atoms with Gasteiger partial charge in [-0.2, -0.15) is 4.80 Å². The van der Waals surface area contributed by atoms with Gasteiger partial charge in [0.05, 0.1) is 19.3 Å². The Balaban J connectivity index is 0.000000588. The Morgan fingerprint density at radius 1 is 1.26 bits per heavy atom. The highest BCUT2D eigenvalue weighted by Crippen LogP contribution is 2.30. The molecule has 1 amide bonds. The molecule has 16 heteroatoms. The van der Waals surface area contributed by atoms with E-state index in [9.17, 15) is 18.7 Å². The molecule has 0 bridgehead atoms. The third-order valence-corrected chi connectivity index (χ3v) is 4.50. The number of aliphatic hydroxyl groups is 1. The Bertz CT molecular complexity index is 1200. The molecule has 0 spiro atoms. The van der Waals surface area contributed by atoms with Crippen LogP contribution in [0.2, 0.25) is 0 Å². The van der Waals surface area contributed by atoms with Crippen LogP contribution in [-0.4, -0.2) is 76.5 Å². The summed E-state index contributed by atoms with van der Waals surface area (Å²) in [5, 5.41) is 21.2. The van der Waals surface area contributed by atoms with Gasteiger partial charge in [0.25, 0.3) is 0 Å². The number of halogens is 2. The molecule has 1 aliphatic rings. The highest BCUT2D eigenvalue weighted by atomic mass is 31.2. The van der Waals surface area contributed by atoms with Crippen molar-refractivity contribution in [1.29, 1.82) is 0 Å². The van der Waals surface area contributed by atoms with Crippen molar-refractivity contribution in [3.05, 3.63) is 42.3 Å². The number of aromatic nitrogens is 5. The van der Waals surface area contributed by atoms with Crippen LogP contribution >= 0.6 is 7.82 Å². The zero-order chi connectivity index (χ0) is 25.0. The number of nitrogens with zero attached hydrogens (tertiary/aromatic N) is 6. The normalized spacial score (nSPS) is 16.6. The quantitative estimate of drug-likeness (QED) is 0.364. The number of tetrazole rings is 1. The van der Waals surface area contributed by atoms with Gasteiger partial charge in [-0.3, -0.25) is 9.88 Å². The van der Waals surface area contributed by atoms with Crippen molar-refractivity contribution in [2.75, 3.05) is 18.1 Å². The first-order valence-corrected chi connectivity index (χ1v) is 11.0. The van der Waals surface area contributed by atoms with Crippen LogP contribution < -0.4 is 4.90 Å². The molecule has 4 rings (SSSR count). The highest BCUT2D eigenvalue weighted by Gasteiger charge is 2.37. The predicted octanol–water partition coefficient (Wildman–Crippen LogP) is 0.805. The minimum absolute atomic E-state index is 0.0654. The Morgan fingerprint density at radius 3 is 2.50 bits per heavy atom. The maximum atomic E-state index is 14.7.